The number of ether oxygens (including phenoxy) is 1. The predicted molar refractivity (Wildman–Crippen MR) is 103 cm³/mol. The topological polar surface area (TPSA) is 83.7 Å². The standard InChI is InChI=1S/C20H21N5O3/c26-20(22-18-16-5-3-7-21-19(16)28-23-18)25-10-8-24(9-11-25)13-15-12-14-4-1-2-6-17(14)27-15/h1-7,15H,8-13H2,(H,22,23,26). The van der Waals surface area contributed by atoms with Gasteiger partial charge in [-0.2, -0.15) is 0 Å². The summed E-state index contributed by atoms with van der Waals surface area (Å²) in [6.45, 7) is 3.86. The van der Waals surface area contributed by atoms with E-state index in [1.165, 1.54) is 5.56 Å². The van der Waals surface area contributed by atoms with Crippen molar-refractivity contribution in [1.82, 2.24) is 19.9 Å². The van der Waals surface area contributed by atoms with Gasteiger partial charge in [-0.3, -0.25) is 10.2 Å². The first kappa shape index (κ1) is 17.0. The van der Waals surface area contributed by atoms with Crippen molar-refractivity contribution in [2.24, 2.45) is 0 Å². The largest absolute Gasteiger partial charge is 0.488 e. The zero-order chi connectivity index (χ0) is 18.9. The van der Waals surface area contributed by atoms with Gasteiger partial charge >= 0.3 is 6.03 Å². The number of urea groups is 1. The number of carbonyl (C=O) groups is 1. The van der Waals surface area contributed by atoms with Crippen LogP contribution in [-0.2, 0) is 6.42 Å². The maximum absolute atomic E-state index is 12.6. The highest BCUT2D eigenvalue weighted by atomic mass is 16.5. The van der Waals surface area contributed by atoms with E-state index in [1.807, 2.05) is 18.2 Å². The molecule has 4 heterocycles. The number of para-hydroxylation sites is 1. The van der Waals surface area contributed by atoms with Crippen LogP contribution in [-0.4, -0.2) is 64.8 Å². The lowest BCUT2D eigenvalue weighted by molar-refractivity contribution is 0.105. The molecule has 144 valence electrons. The number of hydrogen-bond acceptors (Lipinski definition) is 6. The van der Waals surface area contributed by atoms with Crippen molar-refractivity contribution >= 4 is 22.9 Å². The number of aromatic nitrogens is 2. The van der Waals surface area contributed by atoms with E-state index >= 15 is 0 Å². The number of hydrogen-bond donors (Lipinski definition) is 1. The van der Waals surface area contributed by atoms with Crippen LogP contribution >= 0.6 is 0 Å². The van der Waals surface area contributed by atoms with E-state index in [-0.39, 0.29) is 12.1 Å². The highest BCUT2D eigenvalue weighted by Crippen LogP contribution is 2.28. The molecule has 28 heavy (non-hydrogen) atoms. The molecule has 1 N–H and O–H groups in total. The Morgan fingerprint density at radius 1 is 1.14 bits per heavy atom. The highest BCUT2D eigenvalue weighted by Gasteiger charge is 2.28. The molecule has 2 aliphatic heterocycles. The second-order valence-corrected chi connectivity index (χ2v) is 7.16. The number of fused-ring (bicyclic) bond motifs is 2. The second kappa shape index (κ2) is 7.12. The lowest BCUT2D eigenvalue weighted by Gasteiger charge is -2.35. The lowest BCUT2D eigenvalue weighted by atomic mass is 10.1. The van der Waals surface area contributed by atoms with Gasteiger partial charge in [0.15, 0.2) is 5.82 Å². The Kier molecular flexibility index (Phi) is 4.32. The number of anilines is 1. The molecule has 2 amide bonds. The number of benzene rings is 1. The Labute approximate surface area is 162 Å². The molecule has 8 nitrogen and oxygen atoms in total. The van der Waals surface area contributed by atoms with Crippen molar-refractivity contribution in [2.45, 2.75) is 12.5 Å². The molecule has 2 aliphatic rings. The van der Waals surface area contributed by atoms with Crippen LogP contribution in [0.2, 0.25) is 0 Å². The molecule has 1 aromatic carbocycles. The molecule has 3 aromatic rings. The monoisotopic (exact) mass is 379 g/mol. The van der Waals surface area contributed by atoms with E-state index in [0.29, 0.717) is 30.0 Å². The molecule has 1 saturated heterocycles. The molecule has 0 aliphatic carbocycles. The first-order valence-electron chi connectivity index (χ1n) is 9.49. The lowest BCUT2D eigenvalue weighted by Crippen LogP contribution is -2.51. The number of carbonyl (C=O) groups excluding carboxylic acids is 1. The first-order chi connectivity index (χ1) is 13.8. The fraction of sp³-hybridized carbons (Fsp3) is 0.350. The van der Waals surface area contributed by atoms with E-state index in [4.69, 9.17) is 9.26 Å². The van der Waals surface area contributed by atoms with Gasteiger partial charge in [0.2, 0.25) is 0 Å². The first-order valence-corrected chi connectivity index (χ1v) is 9.49. The summed E-state index contributed by atoms with van der Waals surface area (Å²) in [6, 6.07) is 11.7. The Balaban J connectivity index is 1.14. The number of piperazine rings is 1. The third-order valence-electron chi connectivity index (χ3n) is 5.31. The number of pyridine rings is 1. The molecule has 0 spiro atoms. The maximum atomic E-state index is 12.6. The number of nitrogens with zero attached hydrogens (tertiary/aromatic N) is 4. The summed E-state index contributed by atoms with van der Waals surface area (Å²) in [7, 11) is 0. The fourth-order valence-electron chi connectivity index (χ4n) is 3.83. The number of amides is 2. The van der Waals surface area contributed by atoms with Gasteiger partial charge in [-0.05, 0) is 23.8 Å². The summed E-state index contributed by atoms with van der Waals surface area (Å²) in [5.41, 5.74) is 1.69. The molecular weight excluding hydrogens is 358 g/mol. The van der Waals surface area contributed by atoms with Gasteiger partial charge in [0, 0.05) is 45.3 Å². The molecule has 0 saturated carbocycles. The number of rotatable bonds is 3. The third kappa shape index (κ3) is 3.27. The molecule has 0 bridgehead atoms. The summed E-state index contributed by atoms with van der Waals surface area (Å²) in [6.07, 6.45) is 2.77. The molecule has 5 rings (SSSR count). The Hall–Kier alpha value is -3.13. The van der Waals surface area contributed by atoms with Gasteiger partial charge < -0.3 is 14.2 Å². The van der Waals surface area contributed by atoms with Crippen molar-refractivity contribution in [3.63, 3.8) is 0 Å². The molecule has 1 atom stereocenters. The summed E-state index contributed by atoms with van der Waals surface area (Å²) in [5, 5.41) is 7.44. The van der Waals surface area contributed by atoms with Gasteiger partial charge in [0.25, 0.3) is 5.71 Å². The fourth-order valence-corrected chi connectivity index (χ4v) is 3.83. The van der Waals surface area contributed by atoms with Crippen LogP contribution in [0, 0.1) is 0 Å². The molecular formula is C20H21N5O3. The van der Waals surface area contributed by atoms with Gasteiger partial charge in [0.05, 0.1) is 5.39 Å². The van der Waals surface area contributed by atoms with E-state index in [9.17, 15) is 4.79 Å². The van der Waals surface area contributed by atoms with Crippen LogP contribution < -0.4 is 10.1 Å². The third-order valence-corrected chi connectivity index (χ3v) is 5.31. The quantitative estimate of drug-likeness (QED) is 0.752. The average Bonchev–Trinajstić information content (AvgIpc) is 3.32. The van der Waals surface area contributed by atoms with Crippen molar-refractivity contribution in [3.05, 3.63) is 48.2 Å². The van der Waals surface area contributed by atoms with Crippen molar-refractivity contribution in [1.29, 1.82) is 0 Å². The van der Waals surface area contributed by atoms with Crippen LogP contribution in [0.3, 0.4) is 0 Å². The average molecular weight is 379 g/mol. The Morgan fingerprint density at radius 3 is 2.86 bits per heavy atom. The van der Waals surface area contributed by atoms with Crippen LogP contribution in [0.4, 0.5) is 10.6 Å². The zero-order valence-electron chi connectivity index (χ0n) is 15.4. The minimum Gasteiger partial charge on any atom is -0.488 e. The van der Waals surface area contributed by atoms with Crippen LogP contribution in [0.1, 0.15) is 5.56 Å². The van der Waals surface area contributed by atoms with Crippen molar-refractivity contribution in [2.75, 3.05) is 38.0 Å². The zero-order valence-corrected chi connectivity index (χ0v) is 15.4. The Bertz CT molecular complexity index is 971. The molecule has 2 aromatic heterocycles. The van der Waals surface area contributed by atoms with Crippen molar-refractivity contribution in [3.8, 4) is 5.75 Å². The molecule has 8 heteroatoms. The predicted octanol–water partition coefficient (Wildman–Crippen LogP) is 2.38. The minimum atomic E-state index is -0.164. The van der Waals surface area contributed by atoms with Gasteiger partial charge in [-0.25, -0.2) is 9.78 Å². The van der Waals surface area contributed by atoms with E-state index in [2.05, 4.69) is 32.5 Å². The summed E-state index contributed by atoms with van der Waals surface area (Å²) >= 11 is 0. The summed E-state index contributed by atoms with van der Waals surface area (Å²) in [4.78, 5) is 20.8. The van der Waals surface area contributed by atoms with E-state index < -0.39 is 0 Å². The van der Waals surface area contributed by atoms with Crippen LogP contribution in [0.5, 0.6) is 5.75 Å². The maximum Gasteiger partial charge on any atom is 0.323 e. The van der Waals surface area contributed by atoms with E-state index in [1.54, 1.807) is 17.2 Å². The van der Waals surface area contributed by atoms with E-state index in [0.717, 1.165) is 31.8 Å². The normalized spacial score (nSPS) is 19.4. The van der Waals surface area contributed by atoms with Gasteiger partial charge in [-0.15, -0.1) is 0 Å². The van der Waals surface area contributed by atoms with Crippen molar-refractivity contribution < 1.29 is 14.1 Å². The SMILES string of the molecule is O=C(Nc1noc2ncccc12)N1CCN(CC2Cc3ccccc3O2)CC1. The van der Waals surface area contributed by atoms with Crippen LogP contribution in [0.25, 0.3) is 11.1 Å². The summed E-state index contributed by atoms with van der Waals surface area (Å²) in [5.74, 6) is 1.41. The minimum absolute atomic E-state index is 0.164. The molecule has 1 fully saturated rings. The number of nitrogens with one attached hydrogen (secondary N) is 1. The van der Waals surface area contributed by atoms with Gasteiger partial charge in [-0.1, -0.05) is 23.4 Å². The van der Waals surface area contributed by atoms with Crippen LogP contribution in [0.15, 0.2) is 47.1 Å². The molecule has 1 unspecified atom stereocenters. The summed E-state index contributed by atoms with van der Waals surface area (Å²) < 4.78 is 11.2. The molecule has 0 radical (unpaired) electrons. The van der Waals surface area contributed by atoms with Gasteiger partial charge in [0.1, 0.15) is 11.9 Å². The second-order valence-electron chi connectivity index (χ2n) is 7.16. The smallest absolute Gasteiger partial charge is 0.323 e. The highest BCUT2D eigenvalue weighted by molar-refractivity contribution is 5.97. The Morgan fingerprint density at radius 2 is 2.00 bits per heavy atom.